The van der Waals surface area contributed by atoms with E-state index in [0.29, 0.717) is 22.7 Å². The van der Waals surface area contributed by atoms with Gasteiger partial charge in [-0.05, 0) is 68.6 Å². The summed E-state index contributed by atoms with van der Waals surface area (Å²) in [7, 11) is -2.43. The Kier molecular flexibility index (Phi) is 10.2. The third kappa shape index (κ3) is 8.02. The predicted molar refractivity (Wildman–Crippen MR) is 159 cm³/mol. The first-order valence-corrected chi connectivity index (χ1v) is 15.3. The molecular weight excluding hydrogens is 587 g/mol. The average molecular weight is 618 g/mol. The lowest BCUT2D eigenvalue weighted by Crippen LogP contribution is -2.26. The van der Waals surface area contributed by atoms with Crippen molar-refractivity contribution in [3.05, 3.63) is 52.2 Å². The molecule has 0 spiro atoms. The molecule has 0 radical (unpaired) electrons. The van der Waals surface area contributed by atoms with E-state index in [1.165, 1.54) is 29.5 Å². The molecule has 4 rings (SSSR count). The summed E-state index contributed by atoms with van der Waals surface area (Å²) in [5.41, 5.74) is 4.13. The highest BCUT2D eigenvalue weighted by molar-refractivity contribution is 7.81. The Morgan fingerprint density at radius 1 is 1.13 bits per heavy atom. The van der Waals surface area contributed by atoms with Crippen molar-refractivity contribution in [3.63, 3.8) is 0 Å². The summed E-state index contributed by atoms with van der Waals surface area (Å²) < 4.78 is 51.1. The van der Waals surface area contributed by atoms with Gasteiger partial charge in [-0.25, -0.2) is 4.98 Å². The summed E-state index contributed by atoms with van der Waals surface area (Å²) in [6.45, 7) is 7.21. The van der Waals surface area contributed by atoms with Gasteiger partial charge in [0.05, 0.1) is 32.8 Å². The quantitative estimate of drug-likeness (QED) is 0.232. The number of rotatable bonds is 9. The second-order valence-electron chi connectivity index (χ2n) is 8.94. The number of benzene rings is 2. The Bertz CT molecular complexity index is 1470. The zero-order valence-corrected chi connectivity index (χ0v) is 26.1. The number of halogens is 2. The first-order valence-electron chi connectivity index (χ1n) is 11.5. The average Bonchev–Trinajstić information content (AvgIpc) is 2.81. The summed E-state index contributed by atoms with van der Waals surface area (Å²) in [6.07, 6.45) is 2.39. The molecule has 0 bridgehead atoms. The summed E-state index contributed by atoms with van der Waals surface area (Å²) >= 11 is 6.41. The fourth-order valence-electron chi connectivity index (χ4n) is 4.06. The van der Waals surface area contributed by atoms with Crippen LogP contribution in [0.2, 0.25) is 5.02 Å². The van der Waals surface area contributed by atoms with Crippen LogP contribution in [0.4, 0.5) is 27.0 Å². The second-order valence-corrected chi connectivity index (χ2v) is 12.1. The third-order valence-corrected chi connectivity index (χ3v) is 6.94. The molecule has 1 atom stereocenters. The van der Waals surface area contributed by atoms with Crippen LogP contribution in [-0.2, 0) is 23.5 Å². The van der Waals surface area contributed by atoms with Crippen molar-refractivity contribution in [3.8, 4) is 17.2 Å². The number of hydrogen-bond acceptors (Lipinski definition) is 10. The van der Waals surface area contributed by atoms with Gasteiger partial charge in [-0.15, -0.1) is 0 Å². The largest absolute Gasteiger partial charge is 0.495 e. The molecule has 0 amide bonds. The van der Waals surface area contributed by atoms with Crippen molar-refractivity contribution in [2.24, 2.45) is 0 Å². The van der Waals surface area contributed by atoms with E-state index in [-0.39, 0.29) is 38.2 Å². The van der Waals surface area contributed by atoms with E-state index in [4.69, 9.17) is 20.9 Å². The standard InChI is InChI=1S/C24H28ClFN5O5PS.H3P/c1-14-8-17(36-38(26,32)33)11-21(35-37(4)5)22(14)29-23-18(25)12-27-24(30-23)28-19-9-16-13-31(2)7-6-15(16)10-20(19)34-3;/h8-12H,6-7,13H2,1-5H3,(H2,27,28,29,30);1H3. The maximum absolute atomic E-state index is 13.1. The number of likely N-dealkylation sites (N-methyl/N-ethyl adjacent to an activating group) is 1. The van der Waals surface area contributed by atoms with Crippen molar-refractivity contribution in [1.29, 1.82) is 0 Å². The molecule has 39 heavy (non-hydrogen) atoms. The highest BCUT2D eigenvalue weighted by atomic mass is 35.5. The highest BCUT2D eigenvalue weighted by Crippen LogP contribution is 2.42. The van der Waals surface area contributed by atoms with Crippen LogP contribution in [0.3, 0.4) is 0 Å². The number of nitrogens with one attached hydrogen (secondary N) is 2. The fraction of sp³-hybridized carbons (Fsp3) is 0.333. The molecule has 2 N–H and O–H groups in total. The van der Waals surface area contributed by atoms with Gasteiger partial charge >= 0.3 is 10.5 Å². The van der Waals surface area contributed by atoms with Crippen LogP contribution in [0.5, 0.6) is 17.2 Å². The summed E-state index contributed by atoms with van der Waals surface area (Å²) in [5, 5.41) is 6.60. The van der Waals surface area contributed by atoms with Gasteiger partial charge in [0.2, 0.25) is 5.95 Å². The van der Waals surface area contributed by atoms with Crippen molar-refractivity contribution in [2.75, 3.05) is 44.7 Å². The molecule has 2 aromatic carbocycles. The molecule has 2 heterocycles. The molecule has 3 aromatic rings. The molecular formula is C24H31ClFN5O5P2S. The van der Waals surface area contributed by atoms with Gasteiger partial charge in [-0.2, -0.15) is 23.3 Å². The van der Waals surface area contributed by atoms with Crippen LogP contribution in [0.15, 0.2) is 30.5 Å². The summed E-state index contributed by atoms with van der Waals surface area (Å²) in [6, 6.07) is 6.72. The maximum atomic E-state index is 13.1. The number of anilines is 4. The fourth-order valence-corrected chi connectivity index (χ4v) is 5.06. The Hall–Kier alpha value is -2.49. The van der Waals surface area contributed by atoms with Gasteiger partial charge in [0, 0.05) is 19.2 Å². The molecule has 212 valence electrons. The van der Waals surface area contributed by atoms with E-state index in [9.17, 15) is 12.3 Å². The number of aryl methyl sites for hydroxylation is 1. The first kappa shape index (κ1) is 31.0. The molecule has 0 saturated carbocycles. The highest BCUT2D eigenvalue weighted by Gasteiger charge is 2.20. The van der Waals surface area contributed by atoms with Crippen LogP contribution in [0.1, 0.15) is 16.7 Å². The minimum atomic E-state index is -5.20. The number of fused-ring (bicyclic) bond motifs is 1. The predicted octanol–water partition coefficient (Wildman–Crippen LogP) is 5.61. The lowest BCUT2D eigenvalue weighted by atomic mass is 9.99. The number of methoxy groups -OCH3 is 1. The minimum absolute atomic E-state index is 0. The van der Waals surface area contributed by atoms with Gasteiger partial charge in [0.25, 0.3) is 0 Å². The van der Waals surface area contributed by atoms with Crippen molar-refractivity contribution in [2.45, 2.75) is 19.9 Å². The zero-order chi connectivity index (χ0) is 27.6. The Morgan fingerprint density at radius 3 is 2.54 bits per heavy atom. The van der Waals surface area contributed by atoms with E-state index < -0.39 is 18.7 Å². The molecule has 0 aliphatic carbocycles. The van der Waals surface area contributed by atoms with E-state index in [2.05, 4.69) is 36.7 Å². The van der Waals surface area contributed by atoms with Gasteiger partial charge in [0.15, 0.2) is 11.6 Å². The molecule has 15 heteroatoms. The molecule has 1 aliphatic heterocycles. The van der Waals surface area contributed by atoms with E-state index in [0.717, 1.165) is 19.5 Å². The van der Waals surface area contributed by atoms with Crippen LogP contribution in [0.25, 0.3) is 0 Å². The Morgan fingerprint density at radius 2 is 1.87 bits per heavy atom. The monoisotopic (exact) mass is 617 g/mol. The van der Waals surface area contributed by atoms with Crippen molar-refractivity contribution >= 4 is 63.3 Å². The van der Waals surface area contributed by atoms with E-state index >= 15 is 0 Å². The molecule has 1 aromatic heterocycles. The lowest BCUT2D eigenvalue weighted by Gasteiger charge is -2.26. The van der Waals surface area contributed by atoms with Crippen LogP contribution in [-0.4, -0.2) is 57.3 Å². The van der Waals surface area contributed by atoms with Gasteiger partial charge in [0.1, 0.15) is 16.5 Å². The molecule has 0 fully saturated rings. The number of ether oxygens (including phenoxy) is 1. The zero-order valence-electron chi connectivity index (χ0n) is 22.2. The number of nitrogens with zero attached hydrogens (tertiary/aromatic N) is 3. The smallest absolute Gasteiger partial charge is 0.488 e. The van der Waals surface area contributed by atoms with Crippen LogP contribution < -0.4 is 24.1 Å². The molecule has 1 unspecified atom stereocenters. The summed E-state index contributed by atoms with van der Waals surface area (Å²) in [4.78, 5) is 11.1. The Labute approximate surface area is 237 Å². The molecule has 10 nitrogen and oxygen atoms in total. The normalized spacial score (nSPS) is 13.3. The topological polar surface area (TPSA) is 115 Å². The Balaban J connectivity index is 0.00000420. The molecule has 0 saturated heterocycles. The first-order chi connectivity index (χ1) is 17.9. The maximum Gasteiger partial charge on any atom is 0.488 e. The third-order valence-electron chi connectivity index (χ3n) is 5.71. The van der Waals surface area contributed by atoms with Gasteiger partial charge < -0.3 is 29.0 Å². The number of aromatic nitrogens is 2. The van der Waals surface area contributed by atoms with Crippen LogP contribution >= 0.6 is 29.6 Å². The SMILES string of the molecule is COc1cc2c(cc1Nc1ncc(Cl)c(Nc3c(C)cc(OS(=O)(=O)F)cc3OP(C)C)n1)CN(C)CC2.P. The van der Waals surface area contributed by atoms with Crippen molar-refractivity contribution in [1.82, 2.24) is 14.9 Å². The van der Waals surface area contributed by atoms with Crippen LogP contribution in [0, 0.1) is 6.92 Å². The van der Waals surface area contributed by atoms with Crippen molar-refractivity contribution < 1.29 is 25.7 Å². The van der Waals surface area contributed by atoms with Gasteiger partial charge in [-0.3, -0.25) is 0 Å². The summed E-state index contributed by atoms with van der Waals surface area (Å²) in [5.74, 6) is 1.26. The molecule has 1 aliphatic rings. The van der Waals surface area contributed by atoms with E-state index in [1.54, 1.807) is 14.0 Å². The van der Waals surface area contributed by atoms with Gasteiger partial charge in [-0.1, -0.05) is 15.5 Å². The van der Waals surface area contributed by atoms with E-state index in [1.807, 2.05) is 25.5 Å². The minimum Gasteiger partial charge on any atom is -0.495 e. The lowest BCUT2D eigenvalue weighted by molar-refractivity contribution is 0.312. The number of hydrogen-bond donors (Lipinski definition) is 2. The second kappa shape index (κ2) is 12.8.